The molecule has 0 spiro atoms. The molecule has 1 N–H and O–H groups in total. The van der Waals surface area contributed by atoms with Crippen molar-refractivity contribution in [3.05, 3.63) is 0 Å². The molecule has 0 amide bonds. The lowest BCUT2D eigenvalue weighted by molar-refractivity contribution is -0.133. The van der Waals surface area contributed by atoms with Gasteiger partial charge in [0.2, 0.25) is 0 Å². The van der Waals surface area contributed by atoms with E-state index in [1.165, 1.54) is 0 Å². The average molecular weight is 143 g/mol. The van der Waals surface area contributed by atoms with Crippen molar-refractivity contribution in [1.29, 1.82) is 0 Å². The number of carbonyl (C=O) groups is 1. The van der Waals surface area contributed by atoms with Gasteiger partial charge in [0.05, 0.1) is 0 Å². The second kappa shape index (κ2) is 2.20. The third kappa shape index (κ3) is 3.95. The lowest BCUT2D eigenvalue weighted by Gasteiger charge is -1.70. The van der Waals surface area contributed by atoms with Gasteiger partial charge in [0, 0.05) is 0 Å². The number of carboxylic acids is 1. The van der Waals surface area contributed by atoms with Gasteiger partial charge >= 0.3 is 5.97 Å². The summed E-state index contributed by atoms with van der Waals surface area (Å²) in [7, 11) is 0. The second-order valence-electron chi connectivity index (χ2n) is 0.527. The molecule has 30 valence electrons. The van der Waals surface area contributed by atoms with Gasteiger partial charge in [-0.3, -0.25) is 4.79 Å². The van der Waals surface area contributed by atoms with Crippen LogP contribution < -0.4 is 0 Å². The fourth-order valence-corrected chi connectivity index (χ4v) is 0. The first-order chi connectivity index (χ1) is 2.27. The molecule has 0 aromatic carbocycles. The van der Waals surface area contributed by atoms with Crippen LogP contribution in [0.25, 0.3) is 0 Å². The van der Waals surface area contributed by atoms with E-state index in [0.29, 0.717) is 0 Å². The lowest BCUT2D eigenvalue weighted by Crippen LogP contribution is -1.92. The van der Waals surface area contributed by atoms with E-state index in [0.717, 1.165) is 0 Å². The van der Waals surface area contributed by atoms with Gasteiger partial charge in [-0.2, -0.15) is 0 Å². The van der Waals surface area contributed by atoms with Crippen molar-refractivity contribution in [3.63, 3.8) is 0 Å². The van der Waals surface area contributed by atoms with E-state index >= 15 is 0 Å². The molecule has 2 nitrogen and oxygen atoms in total. The fraction of sp³-hybridized carbons (Fsp3) is 0.500. The molecule has 0 aliphatic carbocycles. The zero-order valence-corrected chi connectivity index (χ0v) is 4.03. The molecule has 0 fully saturated rings. The first kappa shape index (κ1) is 4.95. The van der Waals surface area contributed by atoms with Gasteiger partial charge in [0.15, 0.2) is 0 Å². The normalized spacial score (nSPS) is 7.40. The predicted molar refractivity (Wildman–Crippen MR) is 21.4 cm³/mol. The van der Waals surface area contributed by atoms with Gasteiger partial charge in [-0.15, -0.1) is 0 Å². The summed E-state index contributed by atoms with van der Waals surface area (Å²) >= 11 is 2.71. The summed E-state index contributed by atoms with van der Waals surface area (Å²) in [6, 6.07) is 0. The van der Waals surface area contributed by atoms with Crippen LogP contribution in [-0.4, -0.2) is 16.4 Å². The molecule has 0 bridgehead atoms. The van der Waals surface area contributed by atoms with E-state index < -0.39 is 5.97 Å². The highest BCUT2D eigenvalue weighted by Gasteiger charge is 1.83. The molecule has 0 heterocycles. The number of rotatable bonds is 1. The van der Waals surface area contributed by atoms with E-state index in [2.05, 4.69) is 15.9 Å². The minimum atomic E-state index is -0.829. The van der Waals surface area contributed by atoms with Crippen LogP contribution in [0.1, 0.15) is 0 Å². The van der Waals surface area contributed by atoms with Crippen LogP contribution in [0.4, 0.5) is 0 Å². The minimum Gasteiger partial charge on any atom is -0.481 e. The molecule has 0 saturated heterocycles. The molecule has 0 aromatic rings. The van der Waals surface area contributed by atoms with Gasteiger partial charge in [0.1, 0.15) is 5.33 Å². The maximum atomic E-state index is 9.32. The lowest BCUT2D eigenvalue weighted by atomic mass is 10.9. The van der Waals surface area contributed by atoms with Crippen LogP contribution in [0, 0.1) is 0 Å². The molecule has 0 aromatic heterocycles. The Hall–Kier alpha value is -0.0500. The highest BCUT2D eigenvalue weighted by molar-refractivity contribution is 9.09. The summed E-state index contributed by atoms with van der Waals surface area (Å²) in [4.78, 5) is 9.32. The summed E-state index contributed by atoms with van der Waals surface area (Å²) in [6.45, 7) is 0. The SMILES string of the molecule is [18O]=C([18OH])CBr. The van der Waals surface area contributed by atoms with Crippen molar-refractivity contribution in [3.8, 4) is 0 Å². The first-order valence-electron chi connectivity index (χ1n) is 1.05. The van der Waals surface area contributed by atoms with Crippen molar-refractivity contribution < 1.29 is 9.90 Å². The monoisotopic (exact) mass is 142 g/mol. The van der Waals surface area contributed by atoms with Crippen LogP contribution in [-0.2, 0) is 4.79 Å². The molecule has 0 radical (unpaired) electrons. The highest BCUT2D eigenvalue weighted by atomic mass is 79.9. The van der Waals surface area contributed by atoms with Crippen LogP contribution in [0.3, 0.4) is 0 Å². The number of halogens is 1. The fourth-order valence-electron chi connectivity index (χ4n) is 0. The Balaban J connectivity index is 2.85. The maximum Gasteiger partial charge on any atom is 0.314 e. The Morgan fingerprint density at radius 1 is 2.00 bits per heavy atom. The minimum absolute atomic E-state index is 0.0347. The Bertz CT molecular complexity index is 42.9. The van der Waals surface area contributed by atoms with Gasteiger partial charge in [-0.05, 0) is 0 Å². The van der Waals surface area contributed by atoms with E-state index in [4.69, 9.17) is 5.11 Å². The highest BCUT2D eigenvalue weighted by Crippen LogP contribution is 1.73. The molecule has 0 atom stereocenters. The Kier molecular flexibility index (Phi) is 2.18. The third-order valence-electron chi connectivity index (χ3n) is 0.114. The number of hydrogen-bond acceptors (Lipinski definition) is 1. The molecule has 0 aliphatic rings. The Labute approximate surface area is 37.9 Å². The molecule has 3 heteroatoms. The van der Waals surface area contributed by atoms with Crippen LogP contribution in [0.15, 0.2) is 0 Å². The van der Waals surface area contributed by atoms with E-state index in [1.807, 2.05) is 0 Å². The summed E-state index contributed by atoms with van der Waals surface area (Å²) in [5.41, 5.74) is 0. The Morgan fingerprint density at radius 2 is 2.20 bits per heavy atom. The molecule has 0 saturated carbocycles. The van der Waals surface area contributed by atoms with E-state index in [-0.39, 0.29) is 5.33 Å². The van der Waals surface area contributed by atoms with Gasteiger partial charge in [-0.25, -0.2) is 0 Å². The summed E-state index contributed by atoms with van der Waals surface area (Å²) in [5.74, 6) is -0.829. The molecule has 0 aliphatic heterocycles. The van der Waals surface area contributed by atoms with E-state index in [9.17, 15) is 4.79 Å². The molecular weight excluding hydrogens is 140 g/mol. The van der Waals surface area contributed by atoms with Crippen molar-refractivity contribution in [1.82, 2.24) is 0 Å². The smallest absolute Gasteiger partial charge is 0.314 e. The summed E-state index contributed by atoms with van der Waals surface area (Å²) in [5, 5.41) is 7.71. The number of alkyl halides is 1. The van der Waals surface area contributed by atoms with E-state index in [1.54, 1.807) is 0 Å². The zero-order valence-electron chi connectivity index (χ0n) is 2.44. The van der Waals surface area contributed by atoms with Crippen LogP contribution >= 0.6 is 15.9 Å². The largest absolute Gasteiger partial charge is 0.481 e. The summed E-state index contributed by atoms with van der Waals surface area (Å²) in [6.07, 6.45) is 0. The van der Waals surface area contributed by atoms with Crippen molar-refractivity contribution in [2.75, 3.05) is 5.33 Å². The van der Waals surface area contributed by atoms with Crippen molar-refractivity contribution in [2.24, 2.45) is 0 Å². The topological polar surface area (TPSA) is 37.3 Å². The third-order valence-corrected chi connectivity index (χ3v) is 0.594. The van der Waals surface area contributed by atoms with Gasteiger partial charge in [-0.1, -0.05) is 15.9 Å². The molecular formula is C2H3BrO2. The summed E-state index contributed by atoms with van der Waals surface area (Å²) < 4.78 is 0. The first-order valence-corrected chi connectivity index (χ1v) is 2.17. The Morgan fingerprint density at radius 3 is 2.20 bits per heavy atom. The molecule has 5 heavy (non-hydrogen) atoms. The van der Waals surface area contributed by atoms with Gasteiger partial charge < -0.3 is 5.11 Å². The van der Waals surface area contributed by atoms with Gasteiger partial charge in [0.25, 0.3) is 0 Å². The second-order valence-corrected chi connectivity index (χ2v) is 1.09. The predicted octanol–water partition coefficient (Wildman–Crippen LogP) is 0.466. The molecule has 0 unspecified atom stereocenters. The number of carboxylic acid groups (broad SMARTS) is 1. The zero-order chi connectivity index (χ0) is 4.28. The van der Waals surface area contributed by atoms with Crippen molar-refractivity contribution >= 4 is 21.9 Å². The standard InChI is InChI=1S/C2H3BrO2/c3-1-2(4)5/h1H2,(H,4,5)/i4+2,5+2. The number of aliphatic carboxylic acids is 1. The quantitative estimate of drug-likeness (QED) is 0.427. The van der Waals surface area contributed by atoms with Crippen LogP contribution in [0.2, 0.25) is 0 Å². The van der Waals surface area contributed by atoms with Crippen molar-refractivity contribution in [2.45, 2.75) is 0 Å². The molecule has 0 rings (SSSR count). The van der Waals surface area contributed by atoms with Crippen LogP contribution in [0.5, 0.6) is 0 Å². The average Bonchev–Trinajstić information content (AvgIpc) is 1.38. The maximum absolute atomic E-state index is 9.32. The number of hydrogen-bond donors (Lipinski definition) is 1.